The molecule has 2 amide bonds. The summed E-state index contributed by atoms with van der Waals surface area (Å²) in [6, 6.07) is 2.00. The predicted molar refractivity (Wildman–Crippen MR) is 65.5 cm³/mol. The number of rotatable bonds is 6. The monoisotopic (exact) mass is 268 g/mol. The van der Waals surface area contributed by atoms with E-state index in [2.05, 4.69) is 5.32 Å². The van der Waals surface area contributed by atoms with Crippen molar-refractivity contribution in [1.29, 1.82) is 0 Å². The van der Waals surface area contributed by atoms with Gasteiger partial charge in [-0.05, 0) is 19.1 Å². The minimum absolute atomic E-state index is 0.0657. The van der Waals surface area contributed by atoms with Crippen molar-refractivity contribution in [3.63, 3.8) is 0 Å². The Bertz CT molecular complexity index is 455. The Morgan fingerprint density at radius 3 is 2.63 bits per heavy atom. The van der Waals surface area contributed by atoms with Gasteiger partial charge in [-0.25, -0.2) is 4.79 Å². The van der Waals surface area contributed by atoms with E-state index in [9.17, 15) is 14.4 Å². The maximum absolute atomic E-state index is 12.1. The van der Waals surface area contributed by atoms with Crippen molar-refractivity contribution in [2.75, 3.05) is 13.1 Å². The van der Waals surface area contributed by atoms with Crippen LogP contribution >= 0.6 is 0 Å². The van der Waals surface area contributed by atoms with Gasteiger partial charge >= 0.3 is 5.97 Å². The number of carbonyl (C=O) groups is 3. The molecule has 1 aromatic heterocycles. The maximum Gasteiger partial charge on any atom is 0.326 e. The number of carbonyl (C=O) groups excluding carboxylic acids is 2. The molecule has 1 unspecified atom stereocenters. The number of nitrogens with one attached hydrogen (secondary N) is 1. The van der Waals surface area contributed by atoms with Crippen LogP contribution in [0.2, 0.25) is 0 Å². The molecule has 2 N–H and O–H groups in total. The molecule has 1 atom stereocenters. The van der Waals surface area contributed by atoms with Crippen LogP contribution in [0.4, 0.5) is 0 Å². The summed E-state index contributed by atoms with van der Waals surface area (Å²) in [4.78, 5) is 35.0. The first-order chi connectivity index (χ1) is 8.93. The molecule has 7 heteroatoms. The molecule has 0 spiro atoms. The largest absolute Gasteiger partial charge is 0.480 e. The molecular weight excluding hydrogens is 252 g/mol. The Hall–Kier alpha value is -2.31. The Balaban J connectivity index is 2.77. The number of hydrogen-bond acceptors (Lipinski definition) is 4. The first kappa shape index (κ1) is 14.7. The molecule has 0 aliphatic rings. The molecule has 104 valence electrons. The fourth-order valence-electron chi connectivity index (χ4n) is 1.50. The summed E-state index contributed by atoms with van der Waals surface area (Å²) in [6.07, 6.45) is 1.34. The van der Waals surface area contributed by atoms with E-state index in [-0.39, 0.29) is 24.8 Å². The molecule has 0 radical (unpaired) electrons. The van der Waals surface area contributed by atoms with E-state index in [1.54, 1.807) is 6.07 Å². The number of aliphatic carboxylic acids is 1. The van der Waals surface area contributed by atoms with Gasteiger partial charge in [0.1, 0.15) is 6.04 Å². The van der Waals surface area contributed by atoms with Gasteiger partial charge in [0, 0.05) is 20.0 Å². The lowest BCUT2D eigenvalue weighted by molar-refractivity contribution is -0.141. The highest BCUT2D eigenvalue weighted by molar-refractivity contribution is 5.94. The molecule has 0 bridgehead atoms. The van der Waals surface area contributed by atoms with E-state index in [1.165, 1.54) is 26.2 Å². The molecule has 0 aromatic carbocycles. The Morgan fingerprint density at radius 1 is 1.47 bits per heavy atom. The number of hydrogen-bond donors (Lipinski definition) is 2. The van der Waals surface area contributed by atoms with E-state index in [0.29, 0.717) is 0 Å². The topological polar surface area (TPSA) is 99.9 Å². The molecular formula is C12H16N2O5. The van der Waals surface area contributed by atoms with E-state index in [0.717, 1.165) is 4.90 Å². The normalized spacial score (nSPS) is 11.7. The minimum Gasteiger partial charge on any atom is -0.480 e. The molecule has 0 aliphatic carbocycles. The quantitative estimate of drug-likeness (QED) is 0.774. The van der Waals surface area contributed by atoms with E-state index >= 15 is 0 Å². The maximum atomic E-state index is 12.1. The van der Waals surface area contributed by atoms with Gasteiger partial charge in [-0.3, -0.25) is 9.59 Å². The van der Waals surface area contributed by atoms with Crippen molar-refractivity contribution in [3.05, 3.63) is 24.2 Å². The first-order valence-corrected chi connectivity index (χ1v) is 5.75. The highest BCUT2D eigenvalue weighted by Crippen LogP contribution is 2.09. The molecule has 0 fully saturated rings. The van der Waals surface area contributed by atoms with Gasteiger partial charge in [0.15, 0.2) is 5.76 Å². The summed E-state index contributed by atoms with van der Waals surface area (Å²) in [5.41, 5.74) is 0. The average Bonchev–Trinajstić information content (AvgIpc) is 2.86. The molecule has 1 heterocycles. The Labute approximate surface area is 110 Å². The van der Waals surface area contributed by atoms with Gasteiger partial charge in [-0.2, -0.15) is 0 Å². The zero-order valence-electron chi connectivity index (χ0n) is 10.8. The van der Waals surface area contributed by atoms with Gasteiger partial charge in [-0.15, -0.1) is 0 Å². The van der Waals surface area contributed by atoms with Crippen molar-refractivity contribution in [2.24, 2.45) is 0 Å². The van der Waals surface area contributed by atoms with Crippen LogP contribution in [0.3, 0.4) is 0 Å². The highest BCUT2D eigenvalue weighted by Gasteiger charge is 2.27. The zero-order valence-corrected chi connectivity index (χ0v) is 10.8. The highest BCUT2D eigenvalue weighted by atomic mass is 16.4. The zero-order chi connectivity index (χ0) is 14.4. The minimum atomic E-state index is -1.12. The van der Waals surface area contributed by atoms with Crippen molar-refractivity contribution < 1.29 is 23.9 Å². The fourth-order valence-corrected chi connectivity index (χ4v) is 1.50. The van der Waals surface area contributed by atoms with E-state index < -0.39 is 17.9 Å². The standard InChI is InChI=1S/C12H16N2O5/c1-8(12(17)18)14(6-5-13-9(2)15)11(16)10-4-3-7-19-10/h3-4,7-8H,5-6H2,1-2H3,(H,13,15)(H,17,18). The lowest BCUT2D eigenvalue weighted by atomic mass is 10.2. The summed E-state index contributed by atoms with van der Waals surface area (Å²) in [5, 5.41) is 11.5. The number of carboxylic acid groups (broad SMARTS) is 1. The van der Waals surface area contributed by atoms with Crippen molar-refractivity contribution in [1.82, 2.24) is 10.2 Å². The molecule has 0 aliphatic heterocycles. The van der Waals surface area contributed by atoms with Crippen LogP contribution < -0.4 is 5.32 Å². The van der Waals surface area contributed by atoms with Crippen LogP contribution in [0, 0.1) is 0 Å². The van der Waals surface area contributed by atoms with Crippen LogP contribution in [-0.2, 0) is 9.59 Å². The summed E-state index contributed by atoms with van der Waals surface area (Å²) in [6.45, 7) is 3.02. The molecule has 0 saturated heterocycles. The lowest BCUT2D eigenvalue weighted by Crippen LogP contribution is -2.46. The molecule has 7 nitrogen and oxygen atoms in total. The van der Waals surface area contributed by atoms with Crippen LogP contribution in [0.15, 0.2) is 22.8 Å². The van der Waals surface area contributed by atoms with Gasteiger partial charge in [0.05, 0.1) is 6.26 Å². The van der Waals surface area contributed by atoms with Gasteiger partial charge in [0.25, 0.3) is 5.91 Å². The Kier molecular flexibility index (Phi) is 5.11. The van der Waals surface area contributed by atoms with Crippen LogP contribution in [-0.4, -0.2) is 46.9 Å². The number of nitrogens with zero attached hydrogens (tertiary/aromatic N) is 1. The van der Waals surface area contributed by atoms with Gasteiger partial charge < -0.3 is 19.7 Å². The van der Waals surface area contributed by atoms with E-state index in [1.807, 2.05) is 0 Å². The number of furan rings is 1. The smallest absolute Gasteiger partial charge is 0.326 e. The predicted octanol–water partition coefficient (Wildman–Crippen LogP) is 0.331. The second-order valence-electron chi connectivity index (χ2n) is 3.97. The van der Waals surface area contributed by atoms with Gasteiger partial charge in [-0.1, -0.05) is 0 Å². The van der Waals surface area contributed by atoms with Crippen molar-refractivity contribution in [2.45, 2.75) is 19.9 Å². The number of amides is 2. The second kappa shape index (κ2) is 6.58. The average molecular weight is 268 g/mol. The third kappa shape index (κ3) is 4.13. The van der Waals surface area contributed by atoms with Crippen LogP contribution in [0.25, 0.3) is 0 Å². The van der Waals surface area contributed by atoms with Gasteiger partial charge in [0.2, 0.25) is 5.91 Å². The summed E-state index contributed by atoms with van der Waals surface area (Å²) in [5.74, 6) is -1.82. The fraction of sp³-hybridized carbons (Fsp3) is 0.417. The Morgan fingerprint density at radius 2 is 2.16 bits per heavy atom. The van der Waals surface area contributed by atoms with Crippen molar-refractivity contribution >= 4 is 17.8 Å². The number of carboxylic acids is 1. The van der Waals surface area contributed by atoms with Crippen LogP contribution in [0.1, 0.15) is 24.4 Å². The molecule has 1 rings (SSSR count). The molecule has 0 saturated carbocycles. The third-order valence-electron chi connectivity index (χ3n) is 2.54. The molecule has 19 heavy (non-hydrogen) atoms. The summed E-state index contributed by atoms with van der Waals surface area (Å²) in [7, 11) is 0. The van der Waals surface area contributed by atoms with Crippen LogP contribution in [0.5, 0.6) is 0 Å². The summed E-state index contributed by atoms with van der Waals surface area (Å²) >= 11 is 0. The van der Waals surface area contributed by atoms with Crippen molar-refractivity contribution in [3.8, 4) is 0 Å². The SMILES string of the molecule is CC(=O)NCCN(C(=O)c1ccco1)C(C)C(=O)O. The third-order valence-corrected chi connectivity index (χ3v) is 2.54. The van der Waals surface area contributed by atoms with E-state index in [4.69, 9.17) is 9.52 Å². The summed E-state index contributed by atoms with van der Waals surface area (Å²) < 4.78 is 4.96. The lowest BCUT2D eigenvalue weighted by Gasteiger charge is -2.25. The second-order valence-corrected chi connectivity index (χ2v) is 3.97. The first-order valence-electron chi connectivity index (χ1n) is 5.75. The molecule has 1 aromatic rings.